The van der Waals surface area contributed by atoms with Crippen LogP contribution in [-0.2, 0) is 9.84 Å². The second-order valence-corrected chi connectivity index (χ2v) is 7.92. The Balaban J connectivity index is 2.48. The summed E-state index contributed by atoms with van der Waals surface area (Å²) >= 11 is 1.19. The molecule has 4 nitrogen and oxygen atoms in total. The van der Waals surface area contributed by atoms with Crippen LogP contribution in [0.15, 0.2) is 22.5 Å². The van der Waals surface area contributed by atoms with Gasteiger partial charge in [0.1, 0.15) is 0 Å². The molecule has 1 atom stereocenters. The van der Waals surface area contributed by atoms with Gasteiger partial charge in [0.15, 0.2) is 0 Å². The van der Waals surface area contributed by atoms with E-state index in [-0.39, 0.29) is 9.59 Å². The van der Waals surface area contributed by atoms with Crippen molar-refractivity contribution in [3.05, 3.63) is 18.2 Å². The Labute approximate surface area is 111 Å². The third-order valence-corrected chi connectivity index (χ3v) is 6.49. The van der Waals surface area contributed by atoms with E-state index in [1.54, 1.807) is 25.1 Å². The number of fused-ring (bicyclic) bond motifs is 1. The highest BCUT2D eigenvalue weighted by atomic mass is 32.2. The Hall–Kier alpha value is -1.14. The molecule has 1 heterocycles. The van der Waals surface area contributed by atoms with Crippen LogP contribution in [0, 0.1) is 0 Å². The van der Waals surface area contributed by atoms with Crippen LogP contribution < -0.4 is 5.73 Å². The lowest BCUT2D eigenvalue weighted by atomic mass is 10.3. The monoisotopic (exact) mass is 284 g/mol. The van der Waals surface area contributed by atoms with Crippen LogP contribution in [-0.4, -0.2) is 18.7 Å². The van der Waals surface area contributed by atoms with Gasteiger partial charge < -0.3 is 5.73 Å². The summed E-state index contributed by atoms with van der Waals surface area (Å²) in [6, 6.07) is 5.25. The number of hydrogen-bond acceptors (Lipinski definition) is 5. The molecule has 2 N–H and O–H groups in total. The Bertz CT molecular complexity index is 662. The molecule has 0 fully saturated rings. The maximum Gasteiger partial charge on any atom is 0.210 e. The second-order valence-electron chi connectivity index (χ2n) is 4.35. The van der Waals surface area contributed by atoms with E-state index in [0.29, 0.717) is 17.6 Å². The smallest absolute Gasteiger partial charge is 0.210 e. The zero-order valence-electron chi connectivity index (χ0n) is 10.4. The van der Waals surface area contributed by atoms with Crippen molar-refractivity contribution < 1.29 is 8.42 Å². The number of benzene rings is 1. The molecular formula is C12H16N2O2S2. The third kappa shape index (κ3) is 2.35. The summed E-state index contributed by atoms with van der Waals surface area (Å²) in [4.78, 5) is 4.20. The molecule has 0 aliphatic carbocycles. The summed E-state index contributed by atoms with van der Waals surface area (Å²) in [6.45, 7) is 3.71. The van der Waals surface area contributed by atoms with Crippen molar-refractivity contribution in [2.24, 2.45) is 0 Å². The Kier molecular flexibility index (Phi) is 3.59. The minimum Gasteiger partial charge on any atom is -0.399 e. The Morgan fingerprint density at radius 1 is 1.44 bits per heavy atom. The fourth-order valence-electron chi connectivity index (χ4n) is 1.78. The maximum atomic E-state index is 12.3. The van der Waals surface area contributed by atoms with Crippen LogP contribution in [0.25, 0.3) is 10.2 Å². The molecule has 6 heteroatoms. The molecule has 0 bridgehead atoms. The summed E-state index contributed by atoms with van der Waals surface area (Å²) in [5.41, 5.74) is 6.99. The molecule has 0 aliphatic rings. The molecule has 0 aliphatic heterocycles. The quantitative estimate of drug-likeness (QED) is 0.876. The van der Waals surface area contributed by atoms with E-state index in [1.807, 2.05) is 6.92 Å². The predicted octanol–water partition coefficient (Wildman–Crippen LogP) is 2.84. The Morgan fingerprint density at radius 3 is 2.83 bits per heavy atom. The number of anilines is 1. The number of hydrogen-bond donors (Lipinski definition) is 1. The molecule has 1 aromatic heterocycles. The van der Waals surface area contributed by atoms with Crippen molar-refractivity contribution in [2.75, 3.05) is 5.73 Å². The van der Waals surface area contributed by atoms with E-state index in [0.717, 1.165) is 11.1 Å². The minimum atomic E-state index is -3.31. The number of thiazole rings is 1. The summed E-state index contributed by atoms with van der Waals surface area (Å²) in [5.74, 6) is 0. The van der Waals surface area contributed by atoms with E-state index < -0.39 is 9.84 Å². The topological polar surface area (TPSA) is 73.0 Å². The summed E-state index contributed by atoms with van der Waals surface area (Å²) < 4.78 is 25.6. The van der Waals surface area contributed by atoms with Crippen molar-refractivity contribution in [1.82, 2.24) is 4.98 Å². The average molecular weight is 284 g/mol. The van der Waals surface area contributed by atoms with Gasteiger partial charge in [-0.25, -0.2) is 13.4 Å². The minimum absolute atomic E-state index is 0.198. The molecule has 2 aromatic rings. The molecule has 0 saturated heterocycles. The van der Waals surface area contributed by atoms with Crippen molar-refractivity contribution in [2.45, 2.75) is 36.3 Å². The molecule has 18 heavy (non-hydrogen) atoms. The van der Waals surface area contributed by atoms with Crippen LogP contribution in [0.5, 0.6) is 0 Å². The van der Waals surface area contributed by atoms with Gasteiger partial charge in [-0.3, -0.25) is 0 Å². The molecule has 0 spiro atoms. The predicted molar refractivity (Wildman–Crippen MR) is 75.6 cm³/mol. The second kappa shape index (κ2) is 4.85. The third-order valence-electron chi connectivity index (χ3n) is 2.86. The first-order valence-corrected chi connectivity index (χ1v) is 8.21. The van der Waals surface area contributed by atoms with E-state index in [2.05, 4.69) is 4.98 Å². The standard InChI is InChI=1S/C12H16N2O2S2/c1-3-4-8(2)18(15,16)12-14-10-6-5-9(13)7-11(10)17-12/h5-8H,3-4,13H2,1-2H3. The first-order chi connectivity index (χ1) is 8.45. The van der Waals surface area contributed by atoms with Gasteiger partial charge in [-0.2, -0.15) is 0 Å². The van der Waals surface area contributed by atoms with Gasteiger partial charge >= 0.3 is 0 Å². The van der Waals surface area contributed by atoms with Crippen molar-refractivity contribution in [1.29, 1.82) is 0 Å². The van der Waals surface area contributed by atoms with Crippen LogP contribution in [0.3, 0.4) is 0 Å². The molecular weight excluding hydrogens is 268 g/mol. The maximum absolute atomic E-state index is 12.3. The summed E-state index contributed by atoms with van der Waals surface area (Å²) in [5, 5.41) is -0.389. The normalized spacial score (nSPS) is 13.9. The SMILES string of the molecule is CCCC(C)S(=O)(=O)c1nc2ccc(N)cc2s1. The molecule has 0 radical (unpaired) electrons. The van der Waals surface area contributed by atoms with Gasteiger partial charge in [-0.1, -0.05) is 13.3 Å². The number of nitrogen functional groups attached to an aromatic ring is 1. The van der Waals surface area contributed by atoms with E-state index in [1.165, 1.54) is 11.3 Å². The largest absolute Gasteiger partial charge is 0.399 e. The highest BCUT2D eigenvalue weighted by molar-refractivity contribution is 7.94. The molecule has 1 aromatic carbocycles. The number of sulfone groups is 1. The van der Waals surface area contributed by atoms with Crippen LogP contribution in [0.1, 0.15) is 26.7 Å². The lowest BCUT2D eigenvalue weighted by molar-refractivity contribution is 0.575. The molecule has 0 saturated carbocycles. The van der Waals surface area contributed by atoms with Gasteiger partial charge in [0.2, 0.25) is 14.2 Å². The van der Waals surface area contributed by atoms with Gasteiger partial charge in [0.05, 0.1) is 15.5 Å². The zero-order valence-corrected chi connectivity index (χ0v) is 12.0. The first-order valence-electron chi connectivity index (χ1n) is 5.85. The first kappa shape index (κ1) is 13.3. The highest BCUT2D eigenvalue weighted by Gasteiger charge is 2.26. The van der Waals surface area contributed by atoms with Crippen molar-refractivity contribution in [3.63, 3.8) is 0 Å². The lowest BCUT2D eigenvalue weighted by Gasteiger charge is -2.08. The van der Waals surface area contributed by atoms with Crippen LogP contribution in [0.4, 0.5) is 5.69 Å². The molecule has 1 unspecified atom stereocenters. The van der Waals surface area contributed by atoms with Gasteiger partial charge in [0, 0.05) is 5.69 Å². The Morgan fingerprint density at radius 2 is 2.17 bits per heavy atom. The highest BCUT2D eigenvalue weighted by Crippen LogP contribution is 2.30. The summed E-state index contributed by atoms with van der Waals surface area (Å²) in [7, 11) is -3.31. The van der Waals surface area contributed by atoms with E-state index in [9.17, 15) is 8.42 Å². The number of aromatic nitrogens is 1. The zero-order chi connectivity index (χ0) is 13.3. The number of nitrogens with zero attached hydrogens (tertiary/aromatic N) is 1. The summed E-state index contributed by atoms with van der Waals surface area (Å²) in [6.07, 6.45) is 1.50. The average Bonchev–Trinajstić information content (AvgIpc) is 2.72. The molecule has 98 valence electrons. The molecule has 0 amide bonds. The van der Waals surface area contributed by atoms with Crippen molar-refractivity contribution in [3.8, 4) is 0 Å². The van der Waals surface area contributed by atoms with Gasteiger partial charge in [0.25, 0.3) is 0 Å². The molecule has 2 rings (SSSR count). The van der Waals surface area contributed by atoms with E-state index >= 15 is 0 Å². The number of rotatable bonds is 4. The van der Waals surface area contributed by atoms with Gasteiger partial charge in [-0.05, 0) is 31.5 Å². The van der Waals surface area contributed by atoms with Crippen molar-refractivity contribution >= 4 is 37.1 Å². The van der Waals surface area contributed by atoms with E-state index in [4.69, 9.17) is 5.73 Å². The number of nitrogens with two attached hydrogens (primary N) is 1. The lowest BCUT2D eigenvalue weighted by Crippen LogP contribution is -2.17. The van der Waals surface area contributed by atoms with Crippen LogP contribution >= 0.6 is 11.3 Å². The van der Waals surface area contributed by atoms with Crippen LogP contribution in [0.2, 0.25) is 0 Å². The van der Waals surface area contributed by atoms with Gasteiger partial charge in [-0.15, -0.1) is 11.3 Å². The fourth-order valence-corrected chi connectivity index (χ4v) is 4.86. The fraction of sp³-hybridized carbons (Fsp3) is 0.417.